The van der Waals surface area contributed by atoms with E-state index in [0.717, 1.165) is 0 Å². The van der Waals surface area contributed by atoms with E-state index in [-0.39, 0.29) is 5.69 Å². The van der Waals surface area contributed by atoms with E-state index >= 15 is 0 Å². The molecule has 1 aromatic carbocycles. The molecule has 2 rings (SSSR count). The Hall–Kier alpha value is -2.15. The van der Waals surface area contributed by atoms with Crippen molar-refractivity contribution < 1.29 is 9.34 Å². The lowest BCUT2D eigenvalue weighted by atomic mass is 10.3. The summed E-state index contributed by atoms with van der Waals surface area (Å²) in [7, 11) is 1.76. The first-order chi connectivity index (χ1) is 8.13. The van der Waals surface area contributed by atoms with Crippen LogP contribution in [0.3, 0.4) is 0 Å². The fraction of sp³-hybridized carbons (Fsp3) is 0.300. The van der Waals surface area contributed by atoms with Gasteiger partial charge in [0.25, 0.3) is 5.69 Å². The predicted octanol–water partition coefficient (Wildman–Crippen LogP) is 0.722. The van der Waals surface area contributed by atoms with E-state index in [9.17, 15) is 14.9 Å². The zero-order valence-electron chi connectivity index (χ0n) is 9.17. The first kappa shape index (κ1) is 11.3. The molecule has 0 unspecified atom stereocenters. The van der Waals surface area contributed by atoms with Crippen molar-refractivity contribution in [2.75, 3.05) is 13.6 Å². The van der Waals surface area contributed by atoms with Crippen LogP contribution in [0.15, 0.2) is 27.4 Å². The maximum atomic E-state index is 11.5. The van der Waals surface area contributed by atoms with E-state index in [4.69, 9.17) is 4.42 Å². The maximum absolute atomic E-state index is 11.5. The Kier molecular flexibility index (Phi) is 2.92. The molecule has 7 nitrogen and oxygen atoms in total. The molecule has 0 aliphatic heterocycles. The van der Waals surface area contributed by atoms with Gasteiger partial charge in [-0.05, 0) is 13.1 Å². The van der Waals surface area contributed by atoms with Crippen LogP contribution >= 0.6 is 0 Å². The summed E-state index contributed by atoms with van der Waals surface area (Å²) in [6.07, 6.45) is 0. The highest BCUT2D eigenvalue weighted by Crippen LogP contribution is 2.19. The third-order valence-electron chi connectivity index (χ3n) is 2.45. The Morgan fingerprint density at radius 1 is 1.53 bits per heavy atom. The van der Waals surface area contributed by atoms with Crippen molar-refractivity contribution >= 4 is 16.8 Å². The maximum Gasteiger partial charge on any atom is 0.419 e. The Morgan fingerprint density at radius 3 is 2.94 bits per heavy atom. The minimum Gasteiger partial charge on any atom is -0.408 e. The summed E-state index contributed by atoms with van der Waals surface area (Å²) in [5, 5.41) is 13.6. The molecule has 17 heavy (non-hydrogen) atoms. The molecule has 0 bridgehead atoms. The van der Waals surface area contributed by atoms with Crippen molar-refractivity contribution in [1.82, 2.24) is 9.88 Å². The van der Waals surface area contributed by atoms with Crippen molar-refractivity contribution in [3.8, 4) is 0 Å². The number of nitro groups is 1. The monoisotopic (exact) mass is 237 g/mol. The fourth-order valence-electron chi connectivity index (χ4n) is 1.60. The number of non-ortho nitro benzene ring substituents is 1. The van der Waals surface area contributed by atoms with Crippen molar-refractivity contribution in [2.24, 2.45) is 0 Å². The zero-order chi connectivity index (χ0) is 12.4. The van der Waals surface area contributed by atoms with E-state index in [2.05, 4.69) is 5.32 Å². The van der Waals surface area contributed by atoms with Crippen molar-refractivity contribution in [2.45, 2.75) is 6.54 Å². The van der Waals surface area contributed by atoms with Gasteiger partial charge in [0.2, 0.25) is 0 Å². The highest BCUT2D eigenvalue weighted by atomic mass is 16.6. The van der Waals surface area contributed by atoms with Crippen LogP contribution in [0.25, 0.3) is 11.1 Å². The van der Waals surface area contributed by atoms with Gasteiger partial charge < -0.3 is 9.73 Å². The SMILES string of the molecule is CNCCn1c(=O)oc2ccc([N+](=O)[O-])cc21. The van der Waals surface area contributed by atoms with E-state index in [1.54, 1.807) is 7.05 Å². The summed E-state index contributed by atoms with van der Waals surface area (Å²) in [6.45, 7) is 0.987. The second kappa shape index (κ2) is 4.38. The Balaban J connectivity index is 2.57. The summed E-state index contributed by atoms with van der Waals surface area (Å²) in [6, 6.07) is 4.09. The molecule has 0 aliphatic rings. The highest BCUT2D eigenvalue weighted by molar-refractivity contribution is 5.75. The largest absolute Gasteiger partial charge is 0.419 e. The van der Waals surface area contributed by atoms with Crippen LogP contribution in [0, 0.1) is 10.1 Å². The molecule has 0 amide bonds. The molecular formula is C10H11N3O4. The average Bonchev–Trinajstić information content (AvgIpc) is 2.61. The normalized spacial score (nSPS) is 10.9. The van der Waals surface area contributed by atoms with Gasteiger partial charge in [-0.1, -0.05) is 0 Å². The molecule has 1 N–H and O–H groups in total. The lowest BCUT2D eigenvalue weighted by Gasteiger charge is -2.00. The average molecular weight is 237 g/mol. The fourth-order valence-corrected chi connectivity index (χ4v) is 1.60. The van der Waals surface area contributed by atoms with Gasteiger partial charge >= 0.3 is 5.76 Å². The molecule has 0 spiro atoms. The summed E-state index contributed by atoms with van der Waals surface area (Å²) < 4.78 is 6.36. The summed E-state index contributed by atoms with van der Waals surface area (Å²) >= 11 is 0. The second-order valence-corrected chi connectivity index (χ2v) is 3.53. The molecule has 0 aliphatic carbocycles. The van der Waals surface area contributed by atoms with E-state index in [1.807, 2.05) is 0 Å². The van der Waals surface area contributed by atoms with Gasteiger partial charge in [0, 0.05) is 25.2 Å². The van der Waals surface area contributed by atoms with Crippen LogP contribution in [0.2, 0.25) is 0 Å². The molecular weight excluding hydrogens is 226 g/mol. The van der Waals surface area contributed by atoms with Gasteiger partial charge in [-0.3, -0.25) is 14.7 Å². The molecule has 1 aromatic heterocycles. The van der Waals surface area contributed by atoms with Crippen molar-refractivity contribution in [3.63, 3.8) is 0 Å². The second-order valence-electron chi connectivity index (χ2n) is 3.53. The number of oxazole rings is 1. The molecule has 0 saturated heterocycles. The molecule has 0 atom stereocenters. The first-order valence-corrected chi connectivity index (χ1v) is 5.06. The van der Waals surface area contributed by atoms with Crippen LogP contribution in [-0.4, -0.2) is 23.1 Å². The van der Waals surface area contributed by atoms with Gasteiger partial charge in [0.1, 0.15) is 0 Å². The van der Waals surface area contributed by atoms with Crippen LogP contribution < -0.4 is 11.1 Å². The number of rotatable bonds is 4. The van der Waals surface area contributed by atoms with E-state index < -0.39 is 10.7 Å². The minimum absolute atomic E-state index is 0.0588. The number of aromatic nitrogens is 1. The van der Waals surface area contributed by atoms with Crippen molar-refractivity contribution in [3.05, 3.63) is 38.9 Å². The number of nitrogens with zero attached hydrogens (tertiary/aromatic N) is 2. The number of nitrogens with one attached hydrogen (secondary N) is 1. The predicted molar refractivity (Wildman–Crippen MR) is 61.1 cm³/mol. The number of fused-ring (bicyclic) bond motifs is 1. The Bertz CT molecular complexity index is 614. The molecule has 0 fully saturated rings. The quantitative estimate of drug-likeness (QED) is 0.625. The Labute approximate surface area is 95.8 Å². The van der Waals surface area contributed by atoms with Crippen LogP contribution in [0.4, 0.5) is 5.69 Å². The third kappa shape index (κ3) is 2.04. The molecule has 1 heterocycles. The minimum atomic E-state index is -0.504. The summed E-state index contributed by atoms with van der Waals surface area (Å²) in [5.41, 5.74) is 0.743. The summed E-state index contributed by atoms with van der Waals surface area (Å²) in [5.74, 6) is -0.504. The number of nitro benzene ring substituents is 1. The van der Waals surface area contributed by atoms with Gasteiger partial charge in [-0.15, -0.1) is 0 Å². The first-order valence-electron chi connectivity index (χ1n) is 5.06. The lowest BCUT2D eigenvalue weighted by molar-refractivity contribution is -0.384. The number of benzene rings is 1. The summed E-state index contributed by atoms with van der Waals surface area (Å²) in [4.78, 5) is 21.7. The van der Waals surface area contributed by atoms with Gasteiger partial charge in [-0.25, -0.2) is 4.79 Å². The van der Waals surface area contributed by atoms with Crippen LogP contribution in [0.1, 0.15) is 0 Å². The lowest BCUT2D eigenvalue weighted by Crippen LogP contribution is -2.21. The smallest absolute Gasteiger partial charge is 0.408 e. The van der Waals surface area contributed by atoms with Crippen LogP contribution in [-0.2, 0) is 6.54 Å². The van der Waals surface area contributed by atoms with Gasteiger partial charge in [0.05, 0.1) is 10.4 Å². The molecule has 7 heteroatoms. The molecule has 90 valence electrons. The molecule has 2 aromatic rings. The zero-order valence-corrected chi connectivity index (χ0v) is 9.17. The van der Waals surface area contributed by atoms with Crippen molar-refractivity contribution in [1.29, 1.82) is 0 Å². The van der Waals surface area contributed by atoms with E-state index in [1.165, 1.54) is 22.8 Å². The van der Waals surface area contributed by atoms with Gasteiger partial charge in [-0.2, -0.15) is 0 Å². The number of hydrogen-bond donors (Lipinski definition) is 1. The van der Waals surface area contributed by atoms with E-state index in [0.29, 0.717) is 24.2 Å². The molecule has 0 saturated carbocycles. The van der Waals surface area contributed by atoms with Gasteiger partial charge in [0.15, 0.2) is 5.58 Å². The highest BCUT2D eigenvalue weighted by Gasteiger charge is 2.13. The van der Waals surface area contributed by atoms with Crippen LogP contribution in [0.5, 0.6) is 0 Å². The molecule has 0 radical (unpaired) electrons. The Morgan fingerprint density at radius 2 is 2.29 bits per heavy atom. The number of likely N-dealkylation sites (N-methyl/N-ethyl adjacent to an activating group) is 1. The topological polar surface area (TPSA) is 90.3 Å². The standard InChI is InChI=1S/C10H11N3O4/c1-11-4-5-12-8-6-7(13(15)16)2-3-9(8)17-10(12)14/h2-3,6,11H,4-5H2,1H3. The number of hydrogen-bond acceptors (Lipinski definition) is 5. The third-order valence-corrected chi connectivity index (χ3v) is 2.45.